The molecule has 0 bridgehead atoms. The summed E-state index contributed by atoms with van der Waals surface area (Å²) in [5.74, 6) is 0.650. The Hall–Kier alpha value is -3.80. The third-order valence-electron chi connectivity index (χ3n) is 4.01. The van der Waals surface area contributed by atoms with Gasteiger partial charge in [-0.1, -0.05) is 24.3 Å². The fourth-order valence-corrected chi connectivity index (χ4v) is 2.60. The van der Waals surface area contributed by atoms with Gasteiger partial charge < -0.3 is 18.9 Å². The standard InChI is InChI=1S/C24H22O6/c1-2-27-22-10-6-7-19(17-22)24(26)30-21-13-11-18(12-14-21)23(25)29-16-15-28-20-8-4-3-5-9-20/h3-14,17H,2,15-16H2,1H3. The molecule has 6 nitrogen and oxygen atoms in total. The van der Waals surface area contributed by atoms with E-state index in [0.29, 0.717) is 35.0 Å². The molecule has 3 aromatic rings. The van der Waals surface area contributed by atoms with Gasteiger partial charge in [-0.25, -0.2) is 9.59 Å². The summed E-state index contributed by atoms with van der Waals surface area (Å²) in [6.07, 6.45) is 0. The molecule has 0 unspecified atom stereocenters. The maximum absolute atomic E-state index is 12.3. The molecular weight excluding hydrogens is 384 g/mol. The van der Waals surface area contributed by atoms with Crippen molar-refractivity contribution < 1.29 is 28.5 Å². The average Bonchev–Trinajstić information content (AvgIpc) is 2.78. The van der Waals surface area contributed by atoms with Crippen LogP contribution in [0.25, 0.3) is 0 Å². The molecule has 6 heteroatoms. The molecule has 30 heavy (non-hydrogen) atoms. The highest BCUT2D eigenvalue weighted by molar-refractivity contribution is 5.92. The summed E-state index contributed by atoms with van der Waals surface area (Å²) < 4.78 is 21.4. The van der Waals surface area contributed by atoms with Crippen molar-refractivity contribution in [1.82, 2.24) is 0 Å². The van der Waals surface area contributed by atoms with Gasteiger partial charge in [0.1, 0.15) is 30.5 Å². The minimum Gasteiger partial charge on any atom is -0.494 e. The maximum Gasteiger partial charge on any atom is 0.343 e. The van der Waals surface area contributed by atoms with Gasteiger partial charge in [-0.2, -0.15) is 0 Å². The Labute approximate surface area is 175 Å². The molecule has 0 amide bonds. The highest BCUT2D eigenvalue weighted by Crippen LogP contribution is 2.18. The van der Waals surface area contributed by atoms with Crippen LogP contribution >= 0.6 is 0 Å². The second kappa shape index (κ2) is 10.7. The molecule has 0 fully saturated rings. The van der Waals surface area contributed by atoms with E-state index in [0.717, 1.165) is 0 Å². The molecule has 3 aromatic carbocycles. The van der Waals surface area contributed by atoms with Crippen molar-refractivity contribution in [3.05, 3.63) is 90.0 Å². The highest BCUT2D eigenvalue weighted by Gasteiger charge is 2.12. The predicted molar refractivity (Wildman–Crippen MR) is 111 cm³/mol. The fraction of sp³-hybridized carbons (Fsp3) is 0.167. The first kappa shape index (κ1) is 20.9. The Morgan fingerprint density at radius 2 is 1.40 bits per heavy atom. The van der Waals surface area contributed by atoms with Crippen molar-refractivity contribution in [2.45, 2.75) is 6.92 Å². The lowest BCUT2D eigenvalue weighted by atomic mass is 10.2. The first-order valence-corrected chi connectivity index (χ1v) is 9.56. The van der Waals surface area contributed by atoms with E-state index >= 15 is 0 Å². The zero-order valence-corrected chi connectivity index (χ0v) is 16.6. The quantitative estimate of drug-likeness (QED) is 0.295. The number of benzene rings is 3. The van der Waals surface area contributed by atoms with Gasteiger partial charge in [0, 0.05) is 0 Å². The number of para-hydroxylation sites is 1. The van der Waals surface area contributed by atoms with Gasteiger partial charge in [0.05, 0.1) is 17.7 Å². The highest BCUT2D eigenvalue weighted by atomic mass is 16.6. The van der Waals surface area contributed by atoms with E-state index in [1.807, 2.05) is 37.3 Å². The van der Waals surface area contributed by atoms with Crippen molar-refractivity contribution in [1.29, 1.82) is 0 Å². The molecule has 0 radical (unpaired) electrons. The van der Waals surface area contributed by atoms with E-state index in [9.17, 15) is 9.59 Å². The Bertz CT molecular complexity index is 967. The Kier molecular flexibility index (Phi) is 7.44. The number of hydrogen-bond acceptors (Lipinski definition) is 6. The second-order valence-electron chi connectivity index (χ2n) is 6.17. The van der Waals surface area contributed by atoms with E-state index < -0.39 is 11.9 Å². The van der Waals surface area contributed by atoms with Gasteiger partial charge in [-0.15, -0.1) is 0 Å². The van der Waals surface area contributed by atoms with Gasteiger partial charge in [0.15, 0.2) is 0 Å². The Morgan fingerprint density at radius 1 is 0.667 bits per heavy atom. The van der Waals surface area contributed by atoms with E-state index in [1.54, 1.807) is 48.5 Å². The van der Waals surface area contributed by atoms with Crippen molar-refractivity contribution in [3.8, 4) is 17.2 Å². The lowest BCUT2D eigenvalue weighted by Gasteiger charge is -2.09. The number of rotatable bonds is 9. The molecule has 0 aliphatic rings. The van der Waals surface area contributed by atoms with Crippen molar-refractivity contribution in [3.63, 3.8) is 0 Å². The molecule has 0 saturated carbocycles. The van der Waals surface area contributed by atoms with Crippen LogP contribution in [0.2, 0.25) is 0 Å². The molecule has 0 atom stereocenters. The van der Waals surface area contributed by atoms with Gasteiger partial charge in [-0.05, 0) is 61.5 Å². The molecule has 0 spiro atoms. The predicted octanol–water partition coefficient (Wildman–Crippen LogP) is 4.54. The van der Waals surface area contributed by atoms with E-state index in [1.165, 1.54) is 0 Å². The molecule has 0 aliphatic carbocycles. The second-order valence-corrected chi connectivity index (χ2v) is 6.17. The van der Waals surface area contributed by atoms with Gasteiger partial charge in [0.2, 0.25) is 0 Å². The lowest BCUT2D eigenvalue weighted by molar-refractivity contribution is 0.0450. The number of carbonyl (C=O) groups is 2. The third-order valence-corrected chi connectivity index (χ3v) is 4.01. The summed E-state index contributed by atoms with van der Waals surface area (Å²) in [5, 5.41) is 0. The number of ether oxygens (including phenoxy) is 4. The third kappa shape index (κ3) is 6.10. The van der Waals surface area contributed by atoms with Crippen LogP contribution in [-0.2, 0) is 4.74 Å². The van der Waals surface area contributed by atoms with Gasteiger partial charge in [0.25, 0.3) is 0 Å². The van der Waals surface area contributed by atoms with Crippen LogP contribution in [-0.4, -0.2) is 31.8 Å². The summed E-state index contributed by atoms with van der Waals surface area (Å²) in [6, 6.07) is 22.2. The average molecular weight is 406 g/mol. The summed E-state index contributed by atoms with van der Waals surface area (Å²) in [4.78, 5) is 24.4. The molecular formula is C24H22O6. The summed E-state index contributed by atoms with van der Waals surface area (Å²) in [5.41, 5.74) is 0.732. The topological polar surface area (TPSA) is 71.1 Å². The van der Waals surface area contributed by atoms with Crippen LogP contribution in [0.3, 0.4) is 0 Å². The van der Waals surface area contributed by atoms with Crippen molar-refractivity contribution >= 4 is 11.9 Å². The monoisotopic (exact) mass is 406 g/mol. The van der Waals surface area contributed by atoms with Crippen LogP contribution in [0.4, 0.5) is 0 Å². The summed E-state index contributed by atoms with van der Waals surface area (Å²) in [7, 11) is 0. The Balaban J connectivity index is 1.48. The summed E-state index contributed by atoms with van der Waals surface area (Å²) >= 11 is 0. The van der Waals surface area contributed by atoms with E-state index in [-0.39, 0.29) is 13.2 Å². The normalized spacial score (nSPS) is 10.2. The van der Waals surface area contributed by atoms with Crippen LogP contribution in [0.5, 0.6) is 17.2 Å². The minimum absolute atomic E-state index is 0.126. The zero-order chi connectivity index (χ0) is 21.2. The molecule has 0 saturated heterocycles. The van der Waals surface area contributed by atoms with Crippen LogP contribution < -0.4 is 14.2 Å². The number of hydrogen-bond donors (Lipinski definition) is 0. The summed E-state index contributed by atoms with van der Waals surface area (Å²) in [6.45, 7) is 2.76. The lowest BCUT2D eigenvalue weighted by Crippen LogP contribution is -2.12. The largest absolute Gasteiger partial charge is 0.494 e. The SMILES string of the molecule is CCOc1cccc(C(=O)Oc2ccc(C(=O)OCCOc3ccccc3)cc2)c1. The molecule has 0 aromatic heterocycles. The van der Waals surface area contributed by atoms with Crippen LogP contribution in [0.1, 0.15) is 27.6 Å². The molecule has 0 heterocycles. The van der Waals surface area contributed by atoms with Gasteiger partial charge >= 0.3 is 11.9 Å². The van der Waals surface area contributed by atoms with Crippen LogP contribution in [0, 0.1) is 0 Å². The Morgan fingerprint density at radius 3 is 2.13 bits per heavy atom. The van der Waals surface area contributed by atoms with Crippen molar-refractivity contribution in [2.75, 3.05) is 19.8 Å². The molecule has 154 valence electrons. The maximum atomic E-state index is 12.3. The first-order valence-electron chi connectivity index (χ1n) is 9.56. The van der Waals surface area contributed by atoms with E-state index in [4.69, 9.17) is 18.9 Å². The smallest absolute Gasteiger partial charge is 0.343 e. The number of carbonyl (C=O) groups excluding carboxylic acids is 2. The molecule has 3 rings (SSSR count). The molecule has 0 aliphatic heterocycles. The fourth-order valence-electron chi connectivity index (χ4n) is 2.60. The van der Waals surface area contributed by atoms with Gasteiger partial charge in [-0.3, -0.25) is 0 Å². The molecule has 0 N–H and O–H groups in total. The first-order chi connectivity index (χ1) is 14.7. The zero-order valence-electron chi connectivity index (χ0n) is 16.6. The number of esters is 2. The van der Waals surface area contributed by atoms with Crippen molar-refractivity contribution in [2.24, 2.45) is 0 Å². The van der Waals surface area contributed by atoms with E-state index in [2.05, 4.69) is 0 Å². The van der Waals surface area contributed by atoms with Crippen LogP contribution in [0.15, 0.2) is 78.9 Å². The minimum atomic E-state index is -0.509.